The summed E-state index contributed by atoms with van der Waals surface area (Å²) in [6.45, 7) is 8.73. The number of aliphatic hydroxyl groups excluding tert-OH is 1. The van der Waals surface area contributed by atoms with Crippen molar-refractivity contribution in [2.75, 3.05) is 6.61 Å². The second kappa shape index (κ2) is 8.51. The van der Waals surface area contributed by atoms with Gasteiger partial charge in [0.25, 0.3) is 0 Å². The van der Waals surface area contributed by atoms with Crippen LogP contribution in [0, 0.1) is 5.41 Å². The van der Waals surface area contributed by atoms with Crippen molar-refractivity contribution < 1.29 is 14.6 Å². The van der Waals surface area contributed by atoms with Crippen molar-refractivity contribution in [2.24, 2.45) is 5.41 Å². The number of esters is 1. The van der Waals surface area contributed by atoms with Crippen molar-refractivity contribution in [1.82, 2.24) is 0 Å². The van der Waals surface area contributed by atoms with Crippen LogP contribution >= 0.6 is 0 Å². The minimum Gasteiger partial charge on any atom is -0.466 e. The SMILES string of the molecule is CC(O)CCOC(=O)CCCCCC(C)(C)C. The van der Waals surface area contributed by atoms with Gasteiger partial charge in [-0.3, -0.25) is 4.79 Å². The zero-order valence-corrected chi connectivity index (χ0v) is 11.8. The lowest BCUT2D eigenvalue weighted by Crippen LogP contribution is -2.10. The fourth-order valence-electron chi connectivity index (χ4n) is 1.52. The summed E-state index contributed by atoms with van der Waals surface area (Å²) in [7, 11) is 0. The van der Waals surface area contributed by atoms with E-state index >= 15 is 0 Å². The maximum absolute atomic E-state index is 11.3. The molecule has 0 fully saturated rings. The Bertz CT molecular complexity index is 204. The number of ether oxygens (including phenoxy) is 1. The quantitative estimate of drug-likeness (QED) is 0.526. The second-order valence-corrected chi connectivity index (χ2v) is 5.98. The van der Waals surface area contributed by atoms with E-state index in [1.165, 1.54) is 12.8 Å². The molecule has 3 heteroatoms. The predicted molar refractivity (Wildman–Crippen MR) is 69.8 cm³/mol. The molecule has 0 amide bonds. The summed E-state index contributed by atoms with van der Waals surface area (Å²) in [5.41, 5.74) is 0.387. The number of hydrogen-bond donors (Lipinski definition) is 1. The molecule has 0 radical (unpaired) electrons. The summed E-state index contributed by atoms with van der Waals surface area (Å²) in [4.78, 5) is 11.3. The van der Waals surface area contributed by atoms with Crippen molar-refractivity contribution in [3.63, 3.8) is 0 Å². The topological polar surface area (TPSA) is 46.5 Å². The molecule has 0 aliphatic heterocycles. The number of aliphatic hydroxyl groups is 1. The van der Waals surface area contributed by atoms with E-state index in [9.17, 15) is 4.79 Å². The van der Waals surface area contributed by atoms with Crippen molar-refractivity contribution in [3.05, 3.63) is 0 Å². The van der Waals surface area contributed by atoms with Gasteiger partial charge in [-0.05, 0) is 25.2 Å². The van der Waals surface area contributed by atoms with Gasteiger partial charge in [-0.25, -0.2) is 0 Å². The molecule has 1 N–H and O–H groups in total. The van der Waals surface area contributed by atoms with Gasteiger partial charge in [0.05, 0.1) is 12.7 Å². The summed E-state index contributed by atoms with van der Waals surface area (Å²) in [6, 6.07) is 0. The third-order valence-corrected chi connectivity index (χ3v) is 2.61. The van der Waals surface area contributed by atoms with Gasteiger partial charge in [0.15, 0.2) is 0 Å². The molecule has 1 atom stereocenters. The maximum Gasteiger partial charge on any atom is 0.305 e. The van der Waals surface area contributed by atoms with Crippen LogP contribution in [0.15, 0.2) is 0 Å². The Morgan fingerprint density at radius 1 is 1.24 bits per heavy atom. The number of hydrogen-bond acceptors (Lipinski definition) is 3. The molecule has 0 bridgehead atoms. The van der Waals surface area contributed by atoms with Crippen LogP contribution in [-0.2, 0) is 9.53 Å². The fraction of sp³-hybridized carbons (Fsp3) is 0.929. The highest BCUT2D eigenvalue weighted by molar-refractivity contribution is 5.69. The number of carbonyl (C=O) groups excluding carboxylic acids is 1. The first-order chi connectivity index (χ1) is 7.81. The number of rotatable bonds is 8. The highest BCUT2D eigenvalue weighted by Crippen LogP contribution is 2.22. The standard InChI is InChI=1S/C14H28O3/c1-12(15)9-11-17-13(16)8-6-5-7-10-14(2,3)4/h12,15H,5-11H2,1-4H3. The predicted octanol–water partition coefficient (Wildman–Crippen LogP) is 3.30. The molecule has 0 spiro atoms. The molecular weight excluding hydrogens is 216 g/mol. The van der Waals surface area contributed by atoms with Crippen LogP contribution in [-0.4, -0.2) is 23.8 Å². The molecule has 1 unspecified atom stereocenters. The first-order valence-corrected chi connectivity index (χ1v) is 6.65. The zero-order chi connectivity index (χ0) is 13.3. The molecule has 0 aliphatic carbocycles. The third-order valence-electron chi connectivity index (χ3n) is 2.61. The Hall–Kier alpha value is -0.570. The van der Waals surface area contributed by atoms with Crippen molar-refractivity contribution >= 4 is 5.97 Å². The molecule has 0 saturated carbocycles. The molecule has 3 nitrogen and oxygen atoms in total. The van der Waals surface area contributed by atoms with Crippen LogP contribution < -0.4 is 0 Å². The lowest BCUT2D eigenvalue weighted by Gasteiger charge is -2.17. The Morgan fingerprint density at radius 3 is 2.41 bits per heavy atom. The van der Waals surface area contributed by atoms with Gasteiger partial charge in [-0.1, -0.05) is 33.6 Å². The van der Waals surface area contributed by atoms with E-state index < -0.39 is 6.10 Å². The lowest BCUT2D eigenvalue weighted by molar-refractivity contribution is -0.144. The largest absolute Gasteiger partial charge is 0.466 e. The molecule has 0 saturated heterocycles. The van der Waals surface area contributed by atoms with Crippen molar-refractivity contribution in [1.29, 1.82) is 0 Å². The summed E-state index contributed by atoms with van der Waals surface area (Å²) in [6.07, 6.45) is 5.00. The number of unbranched alkanes of at least 4 members (excludes halogenated alkanes) is 2. The molecule has 0 aromatic carbocycles. The van der Waals surface area contributed by atoms with Crippen LogP contribution in [0.25, 0.3) is 0 Å². The average Bonchev–Trinajstić information content (AvgIpc) is 2.14. The van der Waals surface area contributed by atoms with Crippen LogP contribution in [0.1, 0.15) is 66.2 Å². The monoisotopic (exact) mass is 244 g/mol. The normalized spacial score (nSPS) is 13.5. The van der Waals surface area contributed by atoms with Crippen LogP contribution in [0.2, 0.25) is 0 Å². The first kappa shape index (κ1) is 16.4. The summed E-state index contributed by atoms with van der Waals surface area (Å²) < 4.78 is 5.00. The van der Waals surface area contributed by atoms with Crippen molar-refractivity contribution in [2.45, 2.75) is 72.3 Å². The Balaban J connectivity index is 3.34. The van der Waals surface area contributed by atoms with E-state index in [0.717, 1.165) is 12.8 Å². The van der Waals surface area contributed by atoms with E-state index in [1.54, 1.807) is 6.92 Å². The van der Waals surface area contributed by atoms with Crippen molar-refractivity contribution in [3.8, 4) is 0 Å². The molecule has 17 heavy (non-hydrogen) atoms. The fourth-order valence-corrected chi connectivity index (χ4v) is 1.52. The molecule has 0 aliphatic rings. The van der Waals surface area contributed by atoms with Crippen LogP contribution in [0.4, 0.5) is 0 Å². The van der Waals surface area contributed by atoms with Gasteiger partial charge in [-0.15, -0.1) is 0 Å². The van der Waals surface area contributed by atoms with Crippen LogP contribution in [0.5, 0.6) is 0 Å². The summed E-state index contributed by atoms with van der Waals surface area (Å²) >= 11 is 0. The highest BCUT2D eigenvalue weighted by Gasteiger charge is 2.09. The Morgan fingerprint density at radius 2 is 1.88 bits per heavy atom. The average molecular weight is 244 g/mol. The minimum absolute atomic E-state index is 0.138. The lowest BCUT2D eigenvalue weighted by atomic mass is 9.89. The molecule has 0 rings (SSSR count). The van der Waals surface area contributed by atoms with Gasteiger partial charge >= 0.3 is 5.97 Å². The van der Waals surface area contributed by atoms with E-state index in [0.29, 0.717) is 24.9 Å². The third kappa shape index (κ3) is 13.4. The Kier molecular flexibility index (Phi) is 8.23. The van der Waals surface area contributed by atoms with Gasteiger partial charge in [-0.2, -0.15) is 0 Å². The zero-order valence-electron chi connectivity index (χ0n) is 11.8. The van der Waals surface area contributed by atoms with E-state index in [-0.39, 0.29) is 5.97 Å². The smallest absolute Gasteiger partial charge is 0.305 e. The van der Waals surface area contributed by atoms with E-state index in [4.69, 9.17) is 9.84 Å². The molecule has 102 valence electrons. The van der Waals surface area contributed by atoms with Gasteiger partial charge < -0.3 is 9.84 Å². The van der Waals surface area contributed by atoms with Gasteiger partial charge in [0, 0.05) is 12.8 Å². The second-order valence-electron chi connectivity index (χ2n) is 5.98. The number of carbonyl (C=O) groups is 1. The van der Waals surface area contributed by atoms with Gasteiger partial charge in [0.1, 0.15) is 0 Å². The summed E-state index contributed by atoms with van der Waals surface area (Å²) in [5, 5.41) is 9.00. The van der Waals surface area contributed by atoms with Crippen LogP contribution in [0.3, 0.4) is 0 Å². The minimum atomic E-state index is -0.394. The first-order valence-electron chi connectivity index (χ1n) is 6.65. The maximum atomic E-state index is 11.3. The molecular formula is C14H28O3. The molecule has 0 aromatic heterocycles. The van der Waals surface area contributed by atoms with E-state index in [1.807, 2.05) is 0 Å². The highest BCUT2D eigenvalue weighted by atomic mass is 16.5. The summed E-state index contributed by atoms with van der Waals surface area (Å²) in [5.74, 6) is -0.138. The Labute approximate surface area is 106 Å². The van der Waals surface area contributed by atoms with E-state index in [2.05, 4.69) is 20.8 Å². The molecule has 0 aromatic rings. The molecule has 0 heterocycles. The van der Waals surface area contributed by atoms with Gasteiger partial charge in [0.2, 0.25) is 0 Å².